The number of hydrogen-bond donors (Lipinski definition) is 1. The van der Waals surface area contributed by atoms with Gasteiger partial charge in [-0.15, -0.1) is 0 Å². The van der Waals surface area contributed by atoms with Crippen LogP contribution < -0.4 is 10.5 Å². The maximum Gasteiger partial charge on any atom is 0.174 e. The molecule has 0 aromatic heterocycles. The van der Waals surface area contributed by atoms with Gasteiger partial charge in [0.15, 0.2) is 11.6 Å². The molecule has 2 aromatic carbocycles. The molecule has 2 N–H and O–H groups in total. The minimum atomic E-state index is -0.573. The predicted octanol–water partition coefficient (Wildman–Crippen LogP) is 3.83. The number of halogens is 3. The summed E-state index contributed by atoms with van der Waals surface area (Å²) in [6.07, 6.45) is 0. The van der Waals surface area contributed by atoms with E-state index in [2.05, 4.69) is 0 Å². The molecule has 0 spiro atoms. The van der Waals surface area contributed by atoms with Crippen LogP contribution in [0, 0.1) is 11.6 Å². The molecule has 0 radical (unpaired) electrons. The zero-order valence-corrected chi connectivity index (χ0v) is 11.8. The van der Waals surface area contributed by atoms with E-state index in [0.29, 0.717) is 11.1 Å². The summed E-state index contributed by atoms with van der Waals surface area (Å²) >= 11 is 10.7. The van der Waals surface area contributed by atoms with E-state index in [9.17, 15) is 8.78 Å². The molecular formula is C14H10ClF2NOS. The van der Waals surface area contributed by atoms with E-state index in [1.165, 1.54) is 36.4 Å². The van der Waals surface area contributed by atoms with Gasteiger partial charge in [0, 0.05) is 5.56 Å². The third kappa shape index (κ3) is 3.23. The van der Waals surface area contributed by atoms with Crippen molar-refractivity contribution in [3.63, 3.8) is 0 Å². The highest BCUT2D eigenvalue weighted by Crippen LogP contribution is 2.28. The van der Waals surface area contributed by atoms with Crippen molar-refractivity contribution >= 4 is 28.8 Å². The van der Waals surface area contributed by atoms with Crippen LogP contribution in [0.2, 0.25) is 5.02 Å². The van der Waals surface area contributed by atoms with Crippen molar-refractivity contribution in [3.05, 3.63) is 64.2 Å². The predicted molar refractivity (Wildman–Crippen MR) is 78.0 cm³/mol. The summed E-state index contributed by atoms with van der Waals surface area (Å²) in [4.78, 5) is 0.0442. The van der Waals surface area contributed by atoms with E-state index >= 15 is 0 Å². The maximum absolute atomic E-state index is 13.6. The molecule has 0 aliphatic heterocycles. The van der Waals surface area contributed by atoms with E-state index in [0.717, 1.165) is 0 Å². The highest BCUT2D eigenvalue weighted by molar-refractivity contribution is 7.80. The van der Waals surface area contributed by atoms with Gasteiger partial charge in [-0.05, 0) is 29.8 Å². The Bertz CT molecular complexity index is 643. The lowest BCUT2D eigenvalue weighted by Crippen LogP contribution is -2.14. The molecule has 104 valence electrons. The number of nitrogens with two attached hydrogens (primary N) is 1. The molecule has 0 fully saturated rings. The van der Waals surface area contributed by atoms with Crippen molar-refractivity contribution in [2.24, 2.45) is 5.73 Å². The highest BCUT2D eigenvalue weighted by atomic mass is 35.5. The standard InChI is InChI=1S/C14H10ClF2NOS/c15-11-2-1-3-12(17)13(11)19-7-8-4-5-9(16)6-10(8)14(18)20/h1-6H,7H2,(H2,18,20). The molecule has 6 heteroatoms. The Hall–Kier alpha value is -1.72. The lowest BCUT2D eigenvalue weighted by Gasteiger charge is -2.12. The van der Waals surface area contributed by atoms with Crippen molar-refractivity contribution in [2.45, 2.75) is 6.61 Å². The fourth-order valence-electron chi connectivity index (χ4n) is 1.67. The molecule has 0 unspecified atom stereocenters. The minimum Gasteiger partial charge on any atom is -0.484 e. The molecule has 0 amide bonds. The van der Waals surface area contributed by atoms with Crippen molar-refractivity contribution in [1.82, 2.24) is 0 Å². The zero-order valence-electron chi connectivity index (χ0n) is 10.2. The van der Waals surface area contributed by atoms with Gasteiger partial charge in [-0.3, -0.25) is 0 Å². The maximum atomic E-state index is 13.6. The first-order valence-corrected chi connectivity index (χ1v) is 6.42. The lowest BCUT2D eigenvalue weighted by molar-refractivity contribution is 0.290. The van der Waals surface area contributed by atoms with Crippen LogP contribution in [0.5, 0.6) is 5.75 Å². The summed E-state index contributed by atoms with van der Waals surface area (Å²) in [5, 5.41) is 0.156. The first-order valence-electron chi connectivity index (χ1n) is 5.64. The molecule has 2 aromatic rings. The summed E-state index contributed by atoms with van der Waals surface area (Å²) in [6, 6.07) is 8.17. The Kier molecular flexibility index (Phi) is 4.52. The second-order valence-corrected chi connectivity index (χ2v) is 4.85. The largest absolute Gasteiger partial charge is 0.484 e. The monoisotopic (exact) mass is 313 g/mol. The van der Waals surface area contributed by atoms with Gasteiger partial charge < -0.3 is 10.5 Å². The highest BCUT2D eigenvalue weighted by Gasteiger charge is 2.11. The number of rotatable bonds is 4. The molecule has 2 nitrogen and oxygen atoms in total. The van der Waals surface area contributed by atoms with Gasteiger partial charge in [0.05, 0.1) is 5.02 Å². The smallest absolute Gasteiger partial charge is 0.174 e. The minimum absolute atomic E-state index is 0.0202. The Morgan fingerprint density at radius 1 is 1.25 bits per heavy atom. The first kappa shape index (κ1) is 14.7. The molecule has 2 rings (SSSR count). The Morgan fingerprint density at radius 2 is 2.00 bits per heavy atom. The van der Waals surface area contributed by atoms with Crippen molar-refractivity contribution in [1.29, 1.82) is 0 Å². The quantitative estimate of drug-likeness (QED) is 0.871. The van der Waals surface area contributed by atoms with E-state index in [4.69, 9.17) is 34.3 Å². The van der Waals surface area contributed by atoms with E-state index in [1.54, 1.807) is 0 Å². The fraction of sp³-hybridized carbons (Fsp3) is 0.0714. The summed E-state index contributed by atoms with van der Waals surface area (Å²) in [5.41, 5.74) is 6.43. The lowest BCUT2D eigenvalue weighted by atomic mass is 10.1. The molecule has 0 bridgehead atoms. The van der Waals surface area contributed by atoms with Gasteiger partial charge in [-0.2, -0.15) is 0 Å². The summed E-state index contributed by atoms with van der Waals surface area (Å²) in [5.74, 6) is -1.09. The third-order valence-corrected chi connectivity index (χ3v) is 3.15. The Labute approximate surface area is 125 Å². The van der Waals surface area contributed by atoms with Gasteiger partial charge in [0.25, 0.3) is 0 Å². The number of thiocarbonyl (C=S) groups is 1. The molecule has 0 aliphatic carbocycles. The van der Waals surface area contributed by atoms with Gasteiger partial charge >= 0.3 is 0 Å². The van der Waals surface area contributed by atoms with Crippen LogP contribution in [0.4, 0.5) is 8.78 Å². The Morgan fingerprint density at radius 3 is 2.65 bits per heavy atom. The second kappa shape index (κ2) is 6.15. The number of benzene rings is 2. The molecule has 0 saturated heterocycles. The average molecular weight is 314 g/mol. The van der Waals surface area contributed by atoms with E-state index in [1.807, 2.05) is 0 Å². The Balaban J connectivity index is 2.25. The number of hydrogen-bond acceptors (Lipinski definition) is 2. The SMILES string of the molecule is NC(=S)c1cc(F)ccc1COc1c(F)cccc1Cl. The summed E-state index contributed by atoms with van der Waals surface area (Å²) in [6.45, 7) is -0.0202. The second-order valence-electron chi connectivity index (χ2n) is 4.01. The fourth-order valence-corrected chi connectivity index (χ4v) is 2.08. The van der Waals surface area contributed by atoms with Crippen molar-refractivity contribution in [2.75, 3.05) is 0 Å². The zero-order chi connectivity index (χ0) is 14.7. The van der Waals surface area contributed by atoms with Crippen LogP contribution in [0.25, 0.3) is 0 Å². The van der Waals surface area contributed by atoms with Crippen molar-refractivity contribution < 1.29 is 13.5 Å². The third-order valence-electron chi connectivity index (χ3n) is 2.63. The summed E-state index contributed by atoms with van der Waals surface area (Å²) < 4.78 is 32.1. The number of ether oxygens (including phenoxy) is 1. The topological polar surface area (TPSA) is 35.2 Å². The molecule has 0 atom stereocenters. The van der Waals surface area contributed by atoms with E-state index in [-0.39, 0.29) is 22.4 Å². The van der Waals surface area contributed by atoms with Crippen LogP contribution in [0.1, 0.15) is 11.1 Å². The van der Waals surface area contributed by atoms with Crippen LogP contribution in [0.3, 0.4) is 0 Å². The normalized spacial score (nSPS) is 10.3. The van der Waals surface area contributed by atoms with Crippen molar-refractivity contribution in [3.8, 4) is 5.75 Å². The molecule has 0 heterocycles. The molecule has 0 aliphatic rings. The first-order chi connectivity index (χ1) is 9.49. The van der Waals surface area contributed by atoms with Gasteiger partial charge in [-0.1, -0.05) is 36.0 Å². The molecule has 20 heavy (non-hydrogen) atoms. The average Bonchev–Trinajstić information content (AvgIpc) is 2.39. The van der Waals surface area contributed by atoms with E-state index < -0.39 is 11.6 Å². The van der Waals surface area contributed by atoms with Gasteiger partial charge in [0.2, 0.25) is 0 Å². The van der Waals surface area contributed by atoms with Crippen LogP contribution >= 0.6 is 23.8 Å². The van der Waals surface area contributed by atoms with Gasteiger partial charge in [0.1, 0.15) is 17.4 Å². The van der Waals surface area contributed by atoms with Crippen LogP contribution in [-0.2, 0) is 6.61 Å². The number of para-hydroxylation sites is 1. The van der Waals surface area contributed by atoms with Crippen LogP contribution in [-0.4, -0.2) is 4.99 Å². The molecular weight excluding hydrogens is 304 g/mol. The molecule has 0 saturated carbocycles. The van der Waals surface area contributed by atoms with Gasteiger partial charge in [-0.25, -0.2) is 8.78 Å². The summed E-state index contributed by atoms with van der Waals surface area (Å²) in [7, 11) is 0. The van der Waals surface area contributed by atoms with Crippen LogP contribution in [0.15, 0.2) is 36.4 Å².